The molecule has 0 spiro atoms. The molecule has 4 rings (SSSR count). The molecule has 0 radical (unpaired) electrons. The number of hydrogen-bond donors (Lipinski definition) is 0. The maximum Gasteiger partial charge on any atom is 0.148 e. The van der Waals surface area contributed by atoms with E-state index in [1.54, 1.807) is 0 Å². The van der Waals surface area contributed by atoms with Crippen molar-refractivity contribution >= 4 is 27.2 Å². The fraction of sp³-hybridized carbons (Fsp3) is 0.550. The summed E-state index contributed by atoms with van der Waals surface area (Å²) < 4.78 is 7.68. The zero-order valence-corrected chi connectivity index (χ0v) is 14.9. The first-order chi connectivity index (χ1) is 11.8. The number of nitrogens with zero attached hydrogens (tertiary/aromatic N) is 1. The van der Waals surface area contributed by atoms with E-state index in [0.29, 0.717) is 24.5 Å². The number of likely N-dealkylation sites (tertiary alicyclic amines) is 1. The van der Waals surface area contributed by atoms with Crippen molar-refractivity contribution in [3.05, 3.63) is 35.2 Å². The molecule has 2 aromatic rings. The summed E-state index contributed by atoms with van der Waals surface area (Å²) in [6, 6.07) is 9.06. The molecule has 0 bridgehead atoms. The highest BCUT2D eigenvalue weighted by atomic mass is 32.1. The average Bonchev–Trinajstić information content (AvgIpc) is 3.22. The Kier molecular flexibility index (Phi) is 4.97. The van der Waals surface area contributed by atoms with E-state index in [9.17, 15) is 4.79 Å². The second-order valence-corrected chi connectivity index (χ2v) is 7.94. The van der Waals surface area contributed by atoms with E-state index >= 15 is 0 Å². The Hall–Kier alpha value is -1.23. The summed E-state index contributed by atoms with van der Waals surface area (Å²) in [4.78, 5) is 14.0. The second-order valence-electron chi connectivity index (χ2n) is 7.03. The molecule has 24 heavy (non-hydrogen) atoms. The van der Waals surface area contributed by atoms with Crippen LogP contribution in [0.3, 0.4) is 0 Å². The van der Waals surface area contributed by atoms with Gasteiger partial charge in [-0.05, 0) is 41.7 Å². The lowest BCUT2D eigenvalue weighted by Gasteiger charge is -2.37. The van der Waals surface area contributed by atoms with Crippen LogP contribution in [0.5, 0.6) is 0 Å². The van der Waals surface area contributed by atoms with Gasteiger partial charge in [0.05, 0.1) is 19.3 Å². The van der Waals surface area contributed by atoms with E-state index < -0.39 is 0 Å². The van der Waals surface area contributed by atoms with Crippen molar-refractivity contribution in [2.45, 2.75) is 50.7 Å². The van der Waals surface area contributed by atoms with Crippen LogP contribution in [0.15, 0.2) is 29.6 Å². The number of fused-ring (bicyclic) bond motifs is 1. The SMILES string of the molecule is O=C1CCN([C@@H]2CCCC[C@H]2OCCc2csc3ccccc23)C1. The number of benzene rings is 1. The van der Waals surface area contributed by atoms with Gasteiger partial charge in [0.25, 0.3) is 0 Å². The highest BCUT2D eigenvalue weighted by molar-refractivity contribution is 7.17. The first-order valence-electron chi connectivity index (χ1n) is 9.14. The van der Waals surface area contributed by atoms with Crippen LogP contribution < -0.4 is 0 Å². The third kappa shape index (κ3) is 3.41. The minimum atomic E-state index is 0.301. The van der Waals surface area contributed by atoms with Crippen molar-refractivity contribution < 1.29 is 9.53 Å². The summed E-state index contributed by atoms with van der Waals surface area (Å²) >= 11 is 1.82. The Bertz CT molecular complexity index is 710. The number of ether oxygens (including phenoxy) is 1. The first-order valence-corrected chi connectivity index (χ1v) is 10.0. The van der Waals surface area contributed by atoms with Gasteiger partial charge < -0.3 is 4.74 Å². The molecule has 1 aromatic carbocycles. The number of carbonyl (C=O) groups excluding carboxylic acids is 1. The Balaban J connectivity index is 1.36. The lowest BCUT2D eigenvalue weighted by molar-refractivity contribution is -0.117. The lowest BCUT2D eigenvalue weighted by Crippen LogP contribution is -2.45. The predicted molar refractivity (Wildman–Crippen MR) is 98.7 cm³/mol. The summed E-state index contributed by atoms with van der Waals surface area (Å²) in [5, 5.41) is 3.64. The quantitative estimate of drug-likeness (QED) is 0.820. The summed E-state index contributed by atoms with van der Waals surface area (Å²) in [6.45, 7) is 2.35. The van der Waals surface area contributed by atoms with Gasteiger partial charge in [-0.3, -0.25) is 9.69 Å². The molecular formula is C20H25NO2S. The van der Waals surface area contributed by atoms with Crippen LogP contribution in [0.4, 0.5) is 0 Å². The van der Waals surface area contributed by atoms with Crippen molar-refractivity contribution in [1.29, 1.82) is 0 Å². The van der Waals surface area contributed by atoms with Crippen LogP contribution in [0.25, 0.3) is 10.1 Å². The molecule has 2 fully saturated rings. The molecule has 2 aliphatic rings. The molecule has 3 nitrogen and oxygen atoms in total. The molecule has 2 atom stereocenters. The minimum Gasteiger partial charge on any atom is -0.376 e. The number of thiophene rings is 1. The van der Waals surface area contributed by atoms with Gasteiger partial charge in [0, 0.05) is 23.7 Å². The van der Waals surface area contributed by atoms with E-state index in [1.165, 1.54) is 34.9 Å². The maximum absolute atomic E-state index is 11.6. The average molecular weight is 343 g/mol. The molecule has 0 unspecified atom stereocenters. The molecule has 4 heteroatoms. The Labute approximate surface area is 147 Å². The molecule has 1 aromatic heterocycles. The number of rotatable bonds is 5. The molecule has 128 valence electrons. The number of Topliss-reactive ketones (excluding diaryl/α,β-unsaturated/α-hetero) is 1. The summed E-state index contributed by atoms with van der Waals surface area (Å²) in [5.74, 6) is 0.393. The third-order valence-corrected chi connectivity index (χ3v) is 6.47. The number of carbonyl (C=O) groups is 1. The Morgan fingerprint density at radius 2 is 2.08 bits per heavy atom. The van der Waals surface area contributed by atoms with E-state index in [1.807, 2.05) is 11.3 Å². The standard InChI is InChI=1S/C20H25NO2S/c22-16-9-11-21(13-16)18-6-2-3-7-19(18)23-12-10-15-14-24-20-8-4-1-5-17(15)20/h1,4-5,8,14,18-19H,2-3,6-7,9-13H2/t18-,19-/m1/s1. The molecule has 0 N–H and O–H groups in total. The van der Waals surface area contributed by atoms with Crippen molar-refractivity contribution in [1.82, 2.24) is 4.90 Å². The predicted octanol–water partition coefficient (Wildman–Crippen LogP) is 4.05. The highest BCUT2D eigenvalue weighted by Crippen LogP contribution is 2.29. The van der Waals surface area contributed by atoms with Gasteiger partial charge in [-0.1, -0.05) is 31.0 Å². The van der Waals surface area contributed by atoms with E-state index in [4.69, 9.17) is 4.74 Å². The molecule has 1 aliphatic carbocycles. The zero-order valence-electron chi connectivity index (χ0n) is 14.1. The lowest BCUT2D eigenvalue weighted by atomic mass is 9.91. The van der Waals surface area contributed by atoms with Crippen molar-refractivity contribution in [2.24, 2.45) is 0 Å². The number of ketones is 1. The summed E-state index contributed by atoms with van der Waals surface area (Å²) in [5.41, 5.74) is 1.40. The molecule has 2 heterocycles. The van der Waals surface area contributed by atoms with E-state index in [-0.39, 0.29) is 0 Å². The van der Waals surface area contributed by atoms with Gasteiger partial charge in [0.1, 0.15) is 5.78 Å². The van der Waals surface area contributed by atoms with Crippen molar-refractivity contribution in [2.75, 3.05) is 19.7 Å². The van der Waals surface area contributed by atoms with Crippen LogP contribution in [-0.4, -0.2) is 42.5 Å². The minimum absolute atomic E-state index is 0.301. The molecule has 1 saturated heterocycles. The van der Waals surface area contributed by atoms with Gasteiger partial charge in [0.15, 0.2) is 0 Å². The van der Waals surface area contributed by atoms with Crippen LogP contribution in [0.2, 0.25) is 0 Å². The van der Waals surface area contributed by atoms with Crippen LogP contribution >= 0.6 is 11.3 Å². The van der Waals surface area contributed by atoms with E-state index in [2.05, 4.69) is 34.5 Å². The van der Waals surface area contributed by atoms with Crippen molar-refractivity contribution in [3.63, 3.8) is 0 Å². The van der Waals surface area contributed by atoms with Gasteiger partial charge in [-0.15, -0.1) is 11.3 Å². The third-order valence-electron chi connectivity index (χ3n) is 5.46. The maximum atomic E-state index is 11.6. The zero-order chi connectivity index (χ0) is 16.4. The van der Waals surface area contributed by atoms with Gasteiger partial charge in [0.2, 0.25) is 0 Å². The van der Waals surface area contributed by atoms with E-state index in [0.717, 1.165) is 32.4 Å². The fourth-order valence-corrected chi connectivity index (χ4v) is 5.17. The van der Waals surface area contributed by atoms with Crippen LogP contribution in [-0.2, 0) is 16.0 Å². The monoisotopic (exact) mass is 343 g/mol. The summed E-state index contributed by atoms with van der Waals surface area (Å²) in [6.07, 6.45) is 6.85. The van der Waals surface area contributed by atoms with Gasteiger partial charge in [-0.25, -0.2) is 0 Å². The molecular weight excluding hydrogens is 318 g/mol. The van der Waals surface area contributed by atoms with Crippen LogP contribution in [0.1, 0.15) is 37.7 Å². The normalized spacial score (nSPS) is 25.6. The Morgan fingerprint density at radius 3 is 2.96 bits per heavy atom. The largest absolute Gasteiger partial charge is 0.376 e. The van der Waals surface area contributed by atoms with Crippen molar-refractivity contribution in [3.8, 4) is 0 Å². The van der Waals surface area contributed by atoms with Crippen LogP contribution in [0, 0.1) is 0 Å². The molecule has 1 saturated carbocycles. The highest BCUT2D eigenvalue weighted by Gasteiger charge is 2.34. The second kappa shape index (κ2) is 7.34. The smallest absolute Gasteiger partial charge is 0.148 e. The summed E-state index contributed by atoms with van der Waals surface area (Å²) in [7, 11) is 0. The Morgan fingerprint density at radius 1 is 1.21 bits per heavy atom. The first kappa shape index (κ1) is 16.2. The van der Waals surface area contributed by atoms with Gasteiger partial charge >= 0.3 is 0 Å². The number of hydrogen-bond acceptors (Lipinski definition) is 4. The topological polar surface area (TPSA) is 29.5 Å². The fourth-order valence-electron chi connectivity index (χ4n) is 4.17. The molecule has 1 aliphatic heterocycles. The molecule has 0 amide bonds. The van der Waals surface area contributed by atoms with Gasteiger partial charge in [-0.2, -0.15) is 0 Å².